The fraction of sp³-hybridized carbons (Fsp3) is 0.467. The number of allylic oxidation sites excluding steroid dienone is 1. The van der Waals surface area contributed by atoms with Crippen LogP contribution in [0, 0.1) is 6.92 Å². The highest BCUT2D eigenvalue weighted by Crippen LogP contribution is 2.27. The second kappa shape index (κ2) is 5.74. The molecular formula is C15H22O. The molecular weight excluding hydrogens is 196 g/mol. The Morgan fingerprint density at radius 2 is 2.00 bits per heavy atom. The first-order valence-electron chi connectivity index (χ1n) is 5.87. The lowest BCUT2D eigenvalue weighted by Crippen LogP contribution is -2.00. The van der Waals surface area contributed by atoms with Crippen molar-refractivity contribution in [3.8, 4) is 5.75 Å². The van der Waals surface area contributed by atoms with E-state index >= 15 is 0 Å². The van der Waals surface area contributed by atoms with E-state index in [2.05, 4.69) is 58.9 Å². The minimum absolute atomic E-state index is 0.502. The second-order valence-corrected chi connectivity index (χ2v) is 4.79. The van der Waals surface area contributed by atoms with E-state index in [1.165, 1.54) is 16.7 Å². The van der Waals surface area contributed by atoms with E-state index in [1.54, 1.807) is 0 Å². The fourth-order valence-corrected chi connectivity index (χ4v) is 1.54. The molecule has 0 saturated carbocycles. The minimum Gasteiger partial charge on any atom is -0.489 e. The summed E-state index contributed by atoms with van der Waals surface area (Å²) in [6, 6.07) is 6.43. The van der Waals surface area contributed by atoms with E-state index in [0.717, 1.165) is 5.75 Å². The number of ether oxygens (including phenoxy) is 1. The lowest BCUT2D eigenvalue weighted by Gasteiger charge is -2.13. The quantitative estimate of drug-likeness (QED) is 0.678. The van der Waals surface area contributed by atoms with E-state index in [0.29, 0.717) is 12.5 Å². The Morgan fingerprint density at radius 3 is 2.56 bits per heavy atom. The predicted octanol–water partition coefficient (Wildman–Crippen LogP) is 4.46. The summed E-state index contributed by atoms with van der Waals surface area (Å²) in [5.74, 6) is 1.52. The molecule has 0 aliphatic carbocycles. The predicted molar refractivity (Wildman–Crippen MR) is 70.2 cm³/mol. The van der Waals surface area contributed by atoms with Gasteiger partial charge < -0.3 is 4.74 Å². The summed E-state index contributed by atoms with van der Waals surface area (Å²) >= 11 is 0. The topological polar surface area (TPSA) is 9.23 Å². The third kappa shape index (κ3) is 3.73. The van der Waals surface area contributed by atoms with Crippen molar-refractivity contribution in [3.63, 3.8) is 0 Å². The average molecular weight is 218 g/mol. The van der Waals surface area contributed by atoms with Gasteiger partial charge >= 0.3 is 0 Å². The third-order valence-corrected chi connectivity index (χ3v) is 2.52. The highest BCUT2D eigenvalue weighted by Gasteiger charge is 2.07. The van der Waals surface area contributed by atoms with Crippen molar-refractivity contribution in [2.75, 3.05) is 6.61 Å². The molecule has 0 aromatic heterocycles. The first kappa shape index (κ1) is 12.8. The zero-order valence-electron chi connectivity index (χ0n) is 11.0. The monoisotopic (exact) mass is 218 g/mol. The summed E-state index contributed by atoms with van der Waals surface area (Å²) in [6.07, 6.45) is 2.10. The molecule has 1 aromatic rings. The van der Waals surface area contributed by atoms with Crippen LogP contribution < -0.4 is 4.74 Å². The highest BCUT2D eigenvalue weighted by molar-refractivity contribution is 5.39. The number of rotatable bonds is 4. The molecule has 1 aromatic carbocycles. The summed E-state index contributed by atoms with van der Waals surface area (Å²) in [5, 5.41) is 0. The van der Waals surface area contributed by atoms with Crippen LogP contribution in [0.4, 0.5) is 0 Å². The molecule has 0 amide bonds. The smallest absolute Gasteiger partial charge is 0.123 e. The summed E-state index contributed by atoms with van der Waals surface area (Å²) in [5.41, 5.74) is 3.82. The Kier molecular flexibility index (Phi) is 4.60. The molecule has 0 saturated heterocycles. The second-order valence-electron chi connectivity index (χ2n) is 4.79. The van der Waals surface area contributed by atoms with E-state index in [4.69, 9.17) is 4.74 Å². The van der Waals surface area contributed by atoms with E-state index in [-0.39, 0.29) is 0 Å². The van der Waals surface area contributed by atoms with Crippen LogP contribution in [0.1, 0.15) is 44.7 Å². The summed E-state index contributed by atoms with van der Waals surface area (Å²) < 4.78 is 5.81. The van der Waals surface area contributed by atoms with E-state index in [1.807, 2.05) is 0 Å². The lowest BCUT2D eigenvalue weighted by molar-refractivity contribution is 0.356. The highest BCUT2D eigenvalue weighted by atomic mass is 16.5. The van der Waals surface area contributed by atoms with Gasteiger partial charge in [-0.25, -0.2) is 0 Å². The van der Waals surface area contributed by atoms with Crippen molar-refractivity contribution in [2.24, 2.45) is 0 Å². The molecule has 0 atom stereocenters. The standard InChI is InChI=1S/C15H22O/c1-11(2)8-9-16-15-10-13(5)6-7-14(15)12(3)4/h6-8,10,12H,9H2,1-5H3. The zero-order chi connectivity index (χ0) is 12.1. The molecule has 1 heteroatoms. The number of benzene rings is 1. The molecule has 0 bridgehead atoms. The SMILES string of the molecule is CC(C)=CCOc1cc(C)ccc1C(C)C. The van der Waals surface area contributed by atoms with Crippen LogP contribution in [-0.2, 0) is 0 Å². The maximum absolute atomic E-state index is 5.81. The third-order valence-electron chi connectivity index (χ3n) is 2.52. The van der Waals surface area contributed by atoms with Gasteiger partial charge in [0.05, 0.1) is 0 Å². The first-order chi connectivity index (χ1) is 7.50. The maximum atomic E-state index is 5.81. The van der Waals surface area contributed by atoms with Crippen molar-refractivity contribution >= 4 is 0 Å². The maximum Gasteiger partial charge on any atom is 0.123 e. The molecule has 0 unspecified atom stereocenters. The molecule has 88 valence electrons. The van der Waals surface area contributed by atoms with Gasteiger partial charge in [0.1, 0.15) is 12.4 Å². The van der Waals surface area contributed by atoms with Gasteiger partial charge in [-0.1, -0.05) is 31.6 Å². The molecule has 0 fully saturated rings. The van der Waals surface area contributed by atoms with Crippen LogP contribution in [0.15, 0.2) is 29.8 Å². The van der Waals surface area contributed by atoms with Crippen LogP contribution in [0.2, 0.25) is 0 Å². The van der Waals surface area contributed by atoms with Gasteiger partial charge in [0.15, 0.2) is 0 Å². The van der Waals surface area contributed by atoms with E-state index < -0.39 is 0 Å². The molecule has 16 heavy (non-hydrogen) atoms. The van der Waals surface area contributed by atoms with Crippen LogP contribution in [0.25, 0.3) is 0 Å². The van der Waals surface area contributed by atoms with Gasteiger partial charge in [-0.15, -0.1) is 0 Å². The van der Waals surface area contributed by atoms with Crippen molar-refractivity contribution in [3.05, 3.63) is 41.0 Å². The molecule has 1 nitrogen and oxygen atoms in total. The zero-order valence-corrected chi connectivity index (χ0v) is 11.0. The van der Waals surface area contributed by atoms with Crippen molar-refractivity contribution < 1.29 is 4.74 Å². The van der Waals surface area contributed by atoms with Gasteiger partial charge in [-0.3, -0.25) is 0 Å². The largest absolute Gasteiger partial charge is 0.489 e. The number of hydrogen-bond donors (Lipinski definition) is 0. The van der Waals surface area contributed by atoms with Gasteiger partial charge in [-0.2, -0.15) is 0 Å². The van der Waals surface area contributed by atoms with Crippen LogP contribution in [0.5, 0.6) is 5.75 Å². The molecule has 0 aliphatic rings. The number of hydrogen-bond acceptors (Lipinski definition) is 1. The van der Waals surface area contributed by atoms with Gasteiger partial charge in [-0.05, 0) is 50.0 Å². The summed E-state index contributed by atoms with van der Waals surface area (Å²) in [7, 11) is 0. The van der Waals surface area contributed by atoms with E-state index in [9.17, 15) is 0 Å². The Hall–Kier alpha value is -1.24. The fourth-order valence-electron chi connectivity index (χ4n) is 1.54. The first-order valence-corrected chi connectivity index (χ1v) is 5.87. The van der Waals surface area contributed by atoms with Gasteiger partial charge in [0.25, 0.3) is 0 Å². The molecule has 0 heterocycles. The summed E-state index contributed by atoms with van der Waals surface area (Å²) in [6.45, 7) is 11.3. The van der Waals surface area contributed by atoms with Gasteiger partial charge in [0.2, 0.25) is 0 Å². The average Bonchev–Trinajstić information content (AvgIpc) is 2.16. The van der Waals surface area contributed by atoms with Crippen LogP contribution >= 0.6 is 0 Å². The Bertz CT molecular complexity index is 371. The molecule has 0 radical (unpaired) electrons. The van der Waals surface area contributed by atoms with Crippen LogP contribution in [0.3, 0.4) is 0 Å². The normalized spacial score (nSPS) is 10.4. The van der Waals surface area contributed by atoms with Crippen molar-refractivity contribution in [1.82, 2.24) is 0 Å². The van der Waals surface area contributed by atoms with Crippen LogP contribution in [-0.4, -0.2) is 6.61 Å². The molecule has 1 rings (SSSR count). The molecule has 0 aliphatic heterocycles. The molecule has 0 N–H and O–H groups in total. The number of aryl methyl sites for hydroxylation is 1. The van der Waals surface area contributed by atoms with Crippen molar-refractivity contribution in [2.45, 2.75) is 40.5 Å². The Morgan fingerprint density at radius 1 is 1.31 bits per heavy atom. The minimum atomic E-state index is 0.502. The Balaban J connectivity index is 2.84. The molecule has 0 spiro atoms. The lowest BCUT2D eigenvalue weighted by atomic mass is 10.0. The van der Waals surface area contributed by atoms with Gasteiger partial charge in [0, 0.05) is 0 Å². The summed E-state index contributed by atoms with van der Waals surface area (Å²) in [4.78, 5) is 0. The Labute approximate surface area is 99.1 Å². The van der Waals surface area contributed by atoms with Crippen molar-refractivity contribution in [1.29, 1.82) is 0 Å².